The van der Waals surface area contributed by atoms with Crippen molar-refractivity contribution in [2.75, 3.05) is 13.2 Å². The fraction of sp³-hybridized carbons (Fsp3) is 0.111. The first-order valence-corrected chi connectivity index (χ1v) is 8.03. The molecule has 0 aliphatic carbocycles. The molecular formula is C18H15BrN2O2. The van der Waals surface area contributed by atoms with Crippen LogP contribution in [0.1, 0.15) is 10.4 Å². The minimum atomic E-state index is -0.146. The lowest BCUT2D eigenvalue weighted by atomic mass is 10.1. The largest absolute Gasteiger partial charge is 0.492 e. The van der Waals surface area contributed by atoms with Crippen LogP contribution < -0.4 is 10.1 Å². The van der Waals surface area contributed by atoms with Crippen LogP contribution in [-0.4, -0.2) is 24.0 Å². The zero-order chi connectivity index (χ0) is 16.1. The highest BCUT2D eigenvalue weighted by Gasteiger charge is 2.10. The summed E-state index contributed by atoms with van der Waals surface area (Å²) in [5.41, 5.74) is 1.28. The van der Waals surface area contributed by atoms with Gasteiger partial charge in [-0.25, -0.2) is 0 Å². The van der Waals surface area contributed by atoms with Gasteiger partial charge in [-0.1, -0.05) is 40.2 Å². The Bertz CT molecular complexity index is 831. The van der Waals surface area contributed by atoms with E-state index >= 15 is 0 Å². The van der Waals surface area contributed by atoms with E-state index in [2.05, 4.69) is 26.2 Å². The van der Waals surface area contributed by atoms with Crippen molar-refractivity contribution >= 4 is 32.7 Å². The second-order valence-corrected chi connectivity index (χ2v) is 5.86. The van der Waals surface area contributed by atoms with Crippen LogP contribution in [-0.2, 0) is 0 Å². The average Bonchev–Trinajstić information content (AvgIpc) is 2.58. The molecule has 116 valence electrons. The Morgan fingerprint density at radius 1 is 1.13 bits per heavy atom. The van der Waals surface area contributed by atoms with E-state index in [4.69, 9.17) is 4.74 Å². The number of para-hydroxylation sites is 1. The molecule has 0 radical (unpaired) electrons. The minimum absolute atomic E-state index is 0.146. The van der Waals surface area contributed by atoms with Crippen molar-refractivity contribution in [3.8, 4) is 5.75 Å². The second kappa shape index (κ2) is 7.24. The van der Waals surface area contributed by atoms with Crippen LogP contribution in [0.5, 0.6) is 5.75 Å². The van der Waals surface area contributed by atoms with Crippen LogP contribution in [0.3, 0.4) is 0 Å². The summed E-state index contributed by atoms with van der Waals surface area (Å²) in [5.74, 6) is 0.618. The van der Waals surface area contributed by atoms with Crippen molar-refractivity contribution in [3.63, 3.8) is 0 Å². The third-order valence-corrected chi connectivity index (χ3v) is 3.82. The van der Waals surface area contributed by atoms with Gasteiger partial charge in [-0.2, -0.15) is 0 Å². The lowest BCUT2D eigenvalue weighted by molar-refractivity contribution is 0.0948. The summed E-state index contributed by atoms with van der Waals surface area (Å²) >= 11 is 3.39. The standard InChI is InChI=1S/C18H15BrN2O2/c19-14-6-2-7-15(12-14)23-11-10-21-18(22)16-8-1-4-13-5-3-9-20-17(13)16/h1-9,12H,10-11H2,(H,21,22). The molecule has 1 heterocycles. The van der Waals surface area contributed by atoms with E-state index in [0.29, 0.717) is 24.2 Å². The highest BCUT2D eigenvalue weighted by molar-refractivity contribution is 9.10. The molecule has 2 aromatic carbocycles. The Hall–Kier alpha value is -2.40. The van der Waals surface area contributed by atoms with E-state index in [0.717, 1.165) is 15.6 Å². The van der Waals surface area contributed by atoms with E-state index in [1.807, 2.05) is 48.5 Å². The molecule has 23 heavy (non-hydrogen) atoms. The topological polar surface area (TPSA) is 51.2 Å². The Labute approximate surface area is 142 Å². The molecule has 0 fully saturated rings. The molecule has 0 spiro atoms. The summed E-state index contributed by atoms with van der Waals surface area (Å²) in [5, 5.41) is 3.81. The first-order chi connectivity index (χ1) is 11.2. The highest BCUT2D eigenvalue weighted by Crippen LogP contribution is 2.18. The quantitative estimate of drug-likeness (QED) is 0.694. The van der Waals surface area contributed by atoms with Crippen molar-refractivity contribution < 1.29 is 9.53 Å². The number of halogens is 1. The number of pyridine rings is 1. The summed E-state index contributed by atoms with van der Waals surface area (Å²) in [4.78, 5) is 16.6. The summed E-state index contributed by atoms with van der Waals surface area (Å²) in [6.07, 6.45) is 1.69. The van der Waals surface area contributed by atoms with Crippen LogP contribution in [0.4, 0.5) is 0 Å². The zero-order valence-corrected chi connectivity index (χ0v) is 13.9. The maximum absolute atomic E-state index is 12.3. The molecule has 0 saturated carbocycles. The van der Waals surface area contributed by atoms with Gasteiger partial charge in [-0.15, -0.1) is 0 Å². The predicted octanol–water partition coefficient (Wildman–Crippen LogP) is 3.81. The fourth-order valence-electron chi connectivity index (χ4n) is 2.27. The number of aromatic nitrogens is 1. The van der Waals surface area contributed by atoms with Crippen LogP contribution in [0.15, 0.2) is 65.3 Å². The first-order valence-electron chi connectivity index (χ1n) is 7.24. The van der Waals surface area contributed by atoms with Gasteiger partial charge >= 0.3 is 0 Å². The number of hydrogen-bond acceptors (Lipinski definition) is 3. The van der Waals surface area contributed by atoms with Crippen LogP contribution >= 0.6 is 15.9 Å². The number of fused-ring (bicyclic) bond motifs is 1. The number of ether oxygens (including phenoxy) is 1. The molecule has 0 saturated heterocycles. The Kier molecular flexibility index (Phi) is 4.88. The molecule has 1 aromatic heterocycles. The maximum atomic E-state index is 12.3. The van der Waals surface area contributed by atoms with Gasteiger partial charge < -0.3 is 10.1 Å². The molecule has 0 atom stereocenters. The molecule has 1 N–H and O–H groups in total. The molecule has 0 unspecified atom stereocenters. The van der Waals surface area contributed by atoms with Gasteiger partial charge in [-0.05, 0) is 30.3 Å². The highest BCUT2D eigenvalue weighted by atomic mass is 79.9. The van der Waals surface area contributed by atoms with Gasteiger partial charge in [0.15, 0.2) is 0 Å². The van der Waals surface area contributed by atoms with Crippen molar-refractivity contribution in [1.29, 1.82) is 0 Å². The third kappa shape index (κ3) is 3.87. The Morgan fingerprint density at radius 2 is 1.96 bits per heavy atom. The van der Waals surface area contributed by atoms with Gasteiger partial charge in [0.25, 0.3) is 5.91 Å². The number of rotatable bonds is 5. The fourth-order valence-corrected chi connectivity index (χ4v) is 2.65. The van der Waals surface area contributed by atoms with Gasteiger partial charge in [0, 0.05) is 16.1 Å². The number of hydrogen-bond donors (Lipinski definition) is 1. The summed E-state index contributed by atoms with van der Waals surface area (Å²) in [6.45, 7) is 0.828. The van der Waals surface area contributed by atoms with Crippen molar-refractivity contribution in [1.82, 2.24) is 10.3 Å². The normalized spacial score (nSPS) is 10.5. The van der Waals surface area contributed by atoms with E-state index in [1.54, 1.807) is 12.3 Å². The van der Waals surface area contributed by atoms with Crippen molar-refractivity contribution in [2.45, 2.75) is 0 Å². The molecule has 3 aromatic rings. The minimum Gasteiger partial charge on any atom is -0.492 e. The van der Waals surface area contributed by atoms with Crippen molar-refractivity contribution in [3.05, 3.63) is 70.8 Å². The molecule has 1 amide bonds. The van der Waals surface area contributed by atoms with Gasteiger partial charge in [0.1, 0.15) is 12.4 Å². The molecule has 5 heteroatoms. The van der Waals surface area contributed by atoms with Gasteiger partial charge in [0.2, 0.25) is 0 Å². The van der Waals surface area contributed by atoms with Crippen molar-refractivity contribution in [2.24, 2.45) is 0 Å². The van der Waals surface area contributed by atoms with Gasteiger partial charge in [-0.3, -0.25) is 9.78 Å². The summed E-state index contributed by atoms with van der Waals surface area (Å²) in [6, 6.07) is 17.0. The molecule has 4 nitrogen and oxygen atoms in total. The Morgan fingerprint density at radius 3 is 2.83 bits per heavy atom. The van der Waals surface area contributed by atoms with Crippen LogP contribution in [0.25, 0.3) is 10.9 Å². The zero-order valence-electron chi connectivity index (χ0n) is 12.3. The molecule has 0 aliphatic heterocycles. The smallest absolute Gasteiger partial charge is 0.253 e. The lowest BCUT2D eigenvalue weighted by Gasteiger charge is -2.09. The van der Waals surface area contributed by atoms with E-state index in [1.165, 1.54) is 0 Å². The number of amides is 1. The monoisotopic (exact) mass is 370 g/mol. The van der Waals surface area contributed by atoms with E-state index < -0.39 is 0 Å². The summed E-state index contributed by atoms with van der Waals surface area (Å²) < 4.78 is 6.56. The maximum Gasteiger partial charge on any atom is 0.253 e. The molecule has 3 rings (SSSR count). The first kappa shape index (κ1) is 15.5. The predicted molar refractivity (Wildman–Crippen MR) is 93.7 cm³/mol. The Balaban J connectivity index is 1.59. The van der Waals surface area contributed by atoms with Gasteiger partial charge in [0.05, 0.1) is 17.6 Å². The SMILES string of the molecule is O=C(NCCOc1cccc(Br)c1)c1cccc2cccnc12. The summed E-state index contributed by atoms with van der Waals surface area (Å²) in [7, 11) is 0. The molecule has 0 aliphatic rings. The second-order valence-electron chi connectivity index (χ2n) is 4.94. The lowest BCUT2D eigenvalue weighted by Crippen LogP contribution is -2.28. The number of nitrogens with one attached hydrogen (secondary N) is 1. The number of carbonyl (C=O) groups excluding carboxylic acids is 1. The van der Waals surface area contributed by atoms with E-state index in [-0.39, 0.29) is 5.91 Å². The number of nitrogens with zero attached hydrogens (tertiary/aromatic N) is 1. The third-order valence-electron chi connectivity index (χ3n) is 3.33. The van der Waals surface area contributed by atoms with Crippen LogP contribution in [0, 0.1) is 0 Å². The average molecular weight is 371 g/mol. The van der Waals surface area contributed by atoms with E-state index in [9.17, 15) is 4.79 Å². The van der Waals surface area contributed by atoms with Crippen LogP contribution in [0.2, 0.25) is 0 Å². The number of benzene rings is 2. The molecule has 0 bridgehead atoms. The molecular weight excluding hydrogens is 356 g/mol. The number of carbonyl (C=O) groups is 1.